The van der Waals surface area contributed by atoms with Gasteiger partial charge in [-0.25, -0.2) is 0 Å². The van der Waals surface area contributed by atoms with E-state index in [4.69, 9.17) is 19.7 Å². The van der Waals surface area contributed by atoms with Gasteiger partial charge in [-0.1, -0.05) is 0 Å². The SMILES string of the molecule is OCC1O[C@H](OC[C@H](O)[C@H](O)[C@H](O)[C@H](O)CO)C(O)[C@@H](O)[C@@H]1O. The summed E-state index contributed by atoms with van der Waals surface area (Å²) in [5.74, 6) is 0. The minimum absolute atomic E-state index is 0.655. The summed E-state index contributed by atoms with van der Waals surface area (Å²) < 4.78 is 9.99. The van der Waals surface area contributed by atoms with Crippen molar-refractivity contribution >= 4 is 0 Å². The highest BCUT2D eigenvalue weighted by Crippen LogP contribution is 2.22. The second-order valence-electron chi connectivity index (χ2n) is 5.33. The summed E-state index contributed by atoms with van der Waals surface area (Å²) in [5, 5.41) is 84.4. The zero-order valence-electron chi connectivity index (χ0n) is 12.2. The Kier molecular flexibility index (Phi) is 8.20. The monoisotopic (exact) mass is 344 g/mol. The van der Waals surface area contributed by atoms with Crippen molar-refractivity contribution < 1.29 is 55.4 Å². The molecule has 1 fully saturated rings. The molecule has 1 saturated heterocycles. The summed E-state index contributed by atoms with van der Waals surface area (Å²) in [4.78, 5) is 0. The first kappa shape index (κ1) is 20.6. The van der Waals surface area contributed by atoms with Crippen molar-refractivity contribution in [3.8, 4) is 0 Å². The predicted molar refractivity (Wildman–Crippen MR) is 70.8 cm³/mol. The van der Waals surface area contributed by atoms with Crippen LogP contribution in [-0.4, -0.2) is 121 Å². The van der Waals surface area contributed by atoms with Crippen molar-refractivity contribution in [3.63, 3.8) is 0 Å². The van der Waals surface area contributed by atoms with Crippen LogP contribution in [0.5, 0.6) is 0 Å². The van der Waals surface area contributed by atoms with Gasteiger partial charge in [0.05, 0.1) is 19.8 Å². The van der Waals surface area contributed by atoms with Crippen LogP contribution >= 0.6 is 0 Å². The van der Waals surface area contributed by atoms with Crippen LogP contribution in [0.2, 0.25) is 0 Å². The zero-order chi connectivity index (χ0) is 17.7. The highest BCUT2D eigenvalue weighted by Gasteiger charge is 2.44. The van der Waals surface area contributed by atoms with Crippen LogP contribution in [0.3, 0.4) is 0 Å². The van der Waals surface area contributed by atoms with Gasteiger partial charge in [0.2, 0.25) is 0 Å². The first-order chi connectivity index (χ1) is 10.7. The first-order valence-corrected chi connectivity index (χ1v) is 6.99. The normalized spacial score (nSPS) is 37.2. The fourth-order valence-corrected chi connectivity index (χ4v) is 2.06. The largest absolute Gasteiger partial charge is 0.394 e. The van der Waals surface area contributed by atoms with Crippen LogP contribution in [0.15, 0.2) is 0 Å². The number of hydrogen-bond donors (Lipinski definition) is 9. The summed E-state index contributed by atoms with van der Waals surface area (Å²) in [6.07, 6.45) is -14.7. The molecule has 1 aliphatic heterocycles. The molecule has 9 atom stereocenters. The molecule has 0 aromatic rings. The van der Waals surface area contributed by atoms with Crippen molar-refractivity contribution in [2.75, 3.05) is 19.8 Å². The average Bonchev–Trinajstić information content (AvgIpc) is 2.56. The Morgan fingerprint density at radius 1 is 0.826 bits per heavy atom. The lowest BCUT2D eigenvalue weighted by molar-refractivity contribution is -0.306. The lowest BCUT2D eigenvalue weighted by Crippen LogP contribution is -2.59. The molecule has 0 amide bonds. The molecule has 1 aliphatic rings. The van der Waals surface area contributed by atoms with Crippen LogP contribution < -0.4 is 0 Å². The number of aliphatic hydroxyl groups excluding tert-OH is 9. The van der Waals surface area contributed by atoms with E-state index in [9.17, 15) is 35.7 Å². The molecule has 0 spiro atoms. The van der Waals surface area contributed by atoms with Crippen molar-refractivity contribution in [3.05, 3.63) is 0 Å². The van der Waals surface area contributed by atoms with E-state index >= 15 is 0 Å². The summed E-state index contributed by atoms with van der Waals surface area (Å²) >= 11 is 0. The van der Waals surface area contributed by atoms with Crippen molar-refractivity contribution in [1.29, 1.82) is 0 Å². The highest BCUT2D eigenvalue weighted by atomic mass is 16.7. The molecule has 23 heavy (non-hydrogen) atoms. The summed E-state index contributed by atoms with van der Waals surface area (Å²) in [6.45, 7) is -2.16. The van der Waals surface area contributed by atoms with E-state index in [-0.39, 0.29) is 0 Å². The summed E-state index contributed by atoms with van der Waals surface area (Å²) in [6, 6.07) is 0. The third kappa shape index (κ3) is 5.01. The molecule has 0 saturated carbocycles. The van der Waals surface area contributed by atoms with Crippen molar-refractivity contribution in [2.24, 2.45) is 0 Å². The summed E-state index contributed by atoms with van der Waals surface area (Å²) in [7, 11) is 0. The van der Waals surface area contributed by atoms with Crippen LogP contribution in [0, 0.1) is 0 Å². The molecule has 2 unspecified atom stereocenters. The molecule has 0 aromatic heterocycles. The molecule has 11 nitrogen and oxygen atoms in total. The lowest BCUT2D eigenvalue weighted by Gasteiger charge is -2.40. The third-order valence-corrected chi connectivity index (χ3v) is 3.61. The predicted octanol–water partition coefficient (Wildman–Crippen LogP) is -5.76. The molecular formula is C12H24O11. The Morgan fingerprint density at radius 2 is 1.39 bits per heavy atom. The molecule has 138 valence electrons. The second-order valence-corrected chi connectivity index (χ2v) is 5.33. The van der Waals surface area contributed by atoms with Crippen LogP contribution in [0.25, 0.3) is 0 Å². The number of ether oxygens (including phenoxy) is 2. The second kappa shape index (κ2) is 9.15. The number of rotatable bonds is 8. The van der Waals surface area contributed by atoms with Gasteiger partial charge in [0, 0.05) is 0 Å². The standard InChI is InChI=1S/C12H24O11/c13-1-4(15)7(17)8(18)5(16)3-22-12-11(21)10(20)9(19)6(2-14)23-12/h4-21H,1-3H2/t4-,5+,6?,7-,8+,9-,10+,11?,12+/m1/s1. The van der Waals surface area contributed by atoms with Crippen LogP contribution in [0.1, 0.15) is 0 Å². The van der Waals surface area contributed by atoms with Gasteiger partial charge in [-0.05, 0) is 0 Å². The smallest absolute Gasteiger partial charge is 0.186 e. The quantitative estimate of drug-likeness (QED) is 0.203. The van der Waals surface area contributed by atoms with Crippen molar-refractivity contribution in [1.82, 2.24) is 0 Å². The zero-order valence-corrected chi connectivity index (χ0v) is 12.2. The van der Waals surface area contributed by atoms with E-state index in [2.05, 4.69) is 0 Å². The molecule has 9 N–H and O–H groups in total. The van der Waals surface area contributed by atoms with Gasteiger partial charge in [-0.15, -0.1) is 0 Å². The Hall–Kier alpha value is -0.440. The molecule has 0 aromatic carbocycles. The van der Waals surface area contributed by atoms with E-state index in [0.717, 1.165) is 0 Å². The van der Waals surface area contributed by atoms with E-state index in [1.807, 2.05) is 0 Å². The maximum Gasteiger partial charge on any atom is 0.186 e. The molecule has 0 aliphatic carbocycles. The van der Waals surface area contributed by atoms with Gasteiger partial charge in [0.1, 0.15) is 48.8 Å². The fourth-order valence-electron chi connectivity index (χ4n) is 2.06. The van der Waals surface area contributed by atoms with E-state index < -0.39 is 74.9 Å². The third-order valence-electron chi connectivity index (χ3n) is 3.61. The Bertz CT molecular complexity index is 341. The van der Waals surface area contributed by atoms with E-state index in [0.29, 0.717) is 0 Å². The van der Waals surface area contributed by atoms with Gasteiger partial charge < -0.3 is 55.4 Å². The Balaban J connectivity index is 2.55. The molecule has 0 radical (unpaired) electrons. The number of hydrogen-bond acceptors (Lipinski definition) is 11. The molecular weight excluding hydrogens is 320 g/mol. The Morgan fingerprint density at radius 3 is 1.91 bits per heavy atom. The minimum Gasteiger partial charge on any atom is -0.394 e. The van der Waals surface area contributed by atoms with Crippen LogP contribution in [-0.2, 0) is 9.47 Å². The molecule has 1 rings (SSSR count). The Labute approximate surface area is 131 Å². The van der Waals surface area contributed by atoms with E-state index in [1.165, 1.54) is 0 Å². The summed E-state index contributed by atoms with van der Waals surface area (Å²) in [5.41, 5.74) is 0. The fraction of sp³-hybridized carbons (Fsp3) is 1.00. The maximum atomic E-state index is 9.70. The van der Waals surface area contributed by atoms with Gasteiger partial charge in [0.15, 0.2) is 6.29 Å². The number of aliphatic hydroxyl groups is 9. The van der Waals surface area contributed by atoms with Crippen molar-refractivity contribution in [2.45, 2.75) is 55.1 Å². The van der Waals surface area contributed by atoms with Gasteiger partial charge >= 0.3 is 0 Å². The average molecular weight is 344 g/mol. The van der Waals surface area contributed by atoms with Crippen LogP contribution in [0.4, 0.5) is 0 Å². The van der Waals surface area contributed by atoms with E-state index in [1.54, 1.807) is 0 Å². The molecule has 11 heteroatoms. The van der Waals surface area contributed by atoms with Gasteiger partial charge in [0.25, 0.3) is 0 Å². The van der Waals surface area contributed by atoms with Gasteiger partial charge in [-0.3, -0.25) is 0 Å². The maximum absolute atomic E-state index is 9.70. The lowest BCUT2D eigenvalue weighted by atomic mass is 9.99. The highest BCUT2D eigenvalue weighted by molar-refractivity contribution is 4.89. The molecule has 0 bridgehead atoms. The first-order valence-electron chi connectivity index (χ1n) is 6.99. The van der Waals surface area contributed by atoms with Gasteiger partial charge in [-0.2, -0.15) is 0 Å². The minimum atomic E-state index is -1.86. The molecule has 1 heterocycles. The topological polar surface area (TPSA) is 201 Å².